The summed E-state index contributed by atoms with van der Waals surface area (Å²) in [6.07, 6.45) is -0.148. The number of hydrogen-bond donors (Lipinski definition) is 1. The summed E-state index contributed by atoms with van der Waals surface area (Å²) >= 11 is 10.5. The van der Waals surface area contributed by atoms with Gasteiger partial charge in [0.1, 0.15) is 0 Å². The molecule has 18 heavy (non-hydrogen) atoms. The van der Waals surface area contributed by atoms with E-state index in [0.29, 0.717) is 6.54 Å². The number of carbonyl (C=O) groups excluding carboxylic acids is 1. The summed E-state index contributed by atoms with van der Waals surface area (Å²) in [6, 6.07) is 9.32. The van der Waals surface area contributed by atoms with Crippen molar-refractivity contribution in [3.8, 4) is 0 Å². The second-order valence-corrected chi connectivity index (χ2v) is 7.46. The van der Waals surface area contributed by atoms with E-state index in [1.807, 2.05) is 30.3 Å². The zero-order valence-corrected chi connectivity index (χ0v) is 11.8. The third-order valence-corrected chi connectivity index (χ3v) is 5.16. The van der Waals surface area contributed by atoms with Gasteiger partial charge in [-0.25, -0.2) is 8.42 Å². The first-order chi connectivity index (χ1) is 8.42. The van der Waals surface area contributed by atoms with Crippen LogP contribution < -0.4 is 5.32 Å². The van der Waals surface area contributed by atoms with Crippen LogP contribution in [-0.2, 0) is 21.2 Å². The molecule has 0 saturated heterocycles. The first-order valence-electron chi connectivity index (χ1n) is 5.22. The third kappa shape index (κ3) is 5.25. The highest BCUT2D eigenvalue weighted by atomic mass is 35.5. The smallest absolute Gasteiger partial charge is 0.221 e. The van der Waals surface area contributed by atoms with Crippen molar-refractivity contribution in [2.24, 2.45) is 0 Å². The molecule has 1 N–H and O–H groups in total. The molecule has 1 amide bonds. The Labute approximate surface area is 116 Å². The van der Waals surface area contributed by atoms with E-state index in [-0.39, 0.29) is 18.1 Å². The van der Waals surface area contributed by atoms with Gasteiger partial charge in [0, 0.05) is 13.0 Å². The number of sulfone groups is 1. The summed E-state index contributed by atoms with van der Waals surface area (Å²) in [5.74, 6) is -0.706. The van der Waals surface area contributed by atoms with Gasteiger partial charge in [-0.15, -0.1) is 0 Å². The first-order valence-corrected chi connectivity index (χ1v) is 7.81. The van der Waals surface area contributed by atoms with E-state index >= 15 is 0 Å². The summed E-state index contributed by atoms with van der Waals surface area (Å²) in [7, 11) is -3.61. The third-order valence-electron chi connectivity index (χ3n) is 2.22. The van der Waals surface area contributed by atoms with Crippen molar-refractivity contribution in [2.75, 3.05) is 5.75 Å². The zero-order chi connectivity index (χ0) is 13.6. The molecule has 1 aromatic carbocycles. The molecule has 1 rings (SSSR count). The van der Waals surface area contributed by atoms with Crippen LogP contribution in [-0.4, -0.2) is 24.2 Å². The Morgan fingerprint density at radius 1 is 1.22 bits per heavy atom. The molecule has 0 bridgehead atoms. The summed E-state index contributed by atoms with van der Waals surface area (Å²) in [5.41, 5.74) is 0.946. The SMILES string of the molecule is O=C(CCS(=O)(=O)C(Cl)Cl)NCc1ccccc1. The average Bonchev–Trinajstić information content (AvgIpc) is 2.35. The van der Waals surface area contributed by atoms with Gasteiger partial charge in [-0.1, -0.05) is 53.5 Å². The molecule has 0 aliphatic carbocycles. The van der Waals surface area contributed by atoms with Crippen molar-refractivity contribution in [1.29, 1.82) is 0 Å². The fourth-order valence-corrected chi connectivity index (χ4v) is 2.39. The summed E-state index contributed by atoms with van der Waals surface area (Å²) < 4.78 is 21.0. The molecule has 0 aromatic heterocycles. The van der Waals surface area contributed by atoms with E-state index in [1.165, 1.54) is 0 Å². The quantitative estimate of drug-likeness (QED) is 0.816. The Morgan fingerprint density at radius 3 is 2.39 bits per heavy atom. The van der Waals surface area contributed by atoms with Gasteiger partial charge in [-0.2, -0.15) is 0 Å². The van der Waals surface area contributed by atoms with Gasteiger partial charge in [0.25, 0.3) is 0 Å². The number of nitrogens with one attached hydrogen (secondary N) is 1. The van der Waals surface area contributed by atoms with Gasteiger partial charge >= 0.3 is 0 Å². The number of carbonyl (C=O) groups is 1. The Bertz CT molecular complexity index is 488. The van der Waals surface area contributed by atoms with Crippen molar-refractivity contribution in [3.63, 3.8) is 0 Å². The lowest BCUT2D eigenvalue weighted by atomic mass is 10.2. The Balaban J connectivity index is 2.35. The number of benzene rings is 1. The highest BCUT2D eigenvalue weighted by molar-refractivity contribution is 7.94. The van der Waals surface area contributed by atoms with Crippen LogP contribution in [0.15, 0.2) is 30.3 Å². The van der Waals surface area contributed by atoms with E-state index in [1.54, 1.807) is 0 Å². The number of amides is 1. The minimum absolute atomic E-state index is 0.148. The molecule has 0 spiro atoms. The van der Waals surface area contributed by atoms with Crippen LogP contribution in [0.25, 0.3) is 0 Å². The molecule has 0 aliphatic heterocycles. The molecule has 0 saturated carbocycles. The Morgan fingerprint density at radius 2 is 1.83 bits per heavy atom. The second kappa shape index (κ2) is 6.97. The number of hydrogen-bond acceptors (Lipinski definition) is 3. The van der Waals surface area contributed by atoms with Crippen molar-refractivity contribution in [1.82, 2.24) is 5.32 Å². The molecule has 0 heterocycles. The van der Waals surface area contributed by atoms with E-state index in [4.69, 9.17) is 23.2 Å². The monoisotopic (exact) mass is 309 g/mol. The molecule has 4 nitrogen and oxygen atoms in total. The van der Waals surface area contributed by atoms with Crippen molar-refractivity contribution < 1.29 is 13.2 Å². The lowest BCUT2D eigenvalue weighted by Crippen LogP contribution is -2.26. The lowest BCUT2D eigenvalue weighted by molar-refractivity contribution is -0.120. The predicted octanol–water partition coefficient (Wildman–Crippen LogP) is 1.87. The van der Waals surface area contributed by atoms with Crippen LogP contribution >= 0.6 is 23.2 Å². The lowest BCUT2D eigenvalue weighted by Gasteiger charge is -2.06. The minimum Gasteiger partial charge on any atom is -0.352 e. The molecular formula is C11H13Cl2NO3S. The molecule has 0 fully saturated rings. The molecule has 100 valence electrons. The number of halogens is 2. The maximum Gasteiger partial charge on any atom is 0.221 e. The predicted molar refractivity (Wildman–Crippen MR) is 72.2 cm³/mol. The number of rotatable bonds is 6. The van der Waals surface area contributed by atoms with E-state index in [2.05, 4.69) is 5.32 Å². The highest BCUT2D eigenvalue weighted by Crippen LogP contribution is 2.12. The molecule has 0 unspecified atom stereocenters. The summed E-state index contributed by atoms with van der Waals surface area (Å²) in [4.78, 5) is 11.4. The Hall–Kier alpha value is -0.780. The second-order valence-electron chi connectivity index (χ2n) is 3.64. The van der Waals surface area contributed by atoms with Crippen molar-refractivity contribution >= 4 is 38.9 Å². The van der Waals surface area contributed by atoms with Gasteiger partial charge in [0.2, 0.25) is 10.1 Å². The maximum atomic E-state index is 11.4. The van der Waals surface area contributed by atoms with Crippen molar-refractivity contribution in [3.05, 3.63) is 35.9 Å². The van der Waals surface area contributed by atoms with Crippen LogP contribution in [0.3, 0.4) is 0 Å². The molecule has 0 atom stereocenters. The fourth-order valence-electron chi connectivity index (χ4n) is 1.21. The van der Waals surface area contributed by atoms with Gasteiger partial charge < -0.3 is 5.32 Å². The maximum absolute atomic E-state index is 11.4. The molecule has 0 aliphatic rings. The number of alkyl halides is 2. The van der Waals surface area contributed by atoms with Crippen molar-refractivity contribution in [2.45, 2.75) is 17.1 Å². The summed E-state index contributed by atoms with van der Waals surface area (Å²) in [5, 5.41) is 2.62. The summed E-state index contributed by atoms with van der Waals surface area (Å²) in [6.45, 7) is 0.366. The average molecular weight is 310 g/mol. The topological polar surface area (TPSA) is 63.2 Å². The van der Waals surface area contributed by atoms with Crippen LogP contribution in [0.5, 0.6) is 0 Å². The molecular weight excluding hydrogens is 297 g/mol. The van der Waals surface area contributed by atoms with Crippen LogP contribution in [0.2, 0.25) is 0 Å². The zero-order valence-electron chi connectivity index (χ0n) is 9.47. The van der Waals surface area contributed by atoms with Crippen LogP contribution in [0, 0.1) is 0 Å². The first kappa shape index (κ1) is 15.3. The fraction of sp³-hybridized carbons (Fsp3) is 0.364. The standard InChI is InChI=1S/C11H13Cl2NO3S/c12-11(13)18(16,17)7-6-10(15)14-8-9-4-2-1-3-5-9/h1-5,11H,6-8H2,(H,14,15). The van der Waals surface area contributed by atoms with E-state index in [0.717, 1.165) is 5.56 Å². The normalized spacial score (nSPS) is 11.5. The molecule has 7 heteroatoms. The largest absolute Gasteiger partial charge is 0.352 e. The van der Waals surface area contributed by atoms with E-state index in [9.17, 15) is 13.2 Å². The van der Waals surface area contributed by atoms with E-state index < -0.39 is 14.0 Å². The highest BCUT2D eigenvalue weighted by Gasteiger charge is 2.21. The van der Waals surface area contributed by atoms with Crippen LogP contribution in [0.4, 0.5) is 0 Å². The van der Waals surface area contributed by atoms with Gasteiger partial charge in [-0.05, 0) is 5.56 Å². The van der Waals surface area contributed by atoms with Crippen LogP contribution in [0.1, 0.15) is 12.0 Å². The molecule has 0 radical (unpaired) electrons. The Kier molecular flexibility index (Phi) is 5.91. The minimum atomic E-state index is -3.61. The van der Waals surface area contributed by atoms with Gasteiger partial charge in [0.15, 0.2) is 9.84 Å². The van der Waals surface area contributed by atoms with Gasteiger partial charge in [0.05, 0.1) is 5.75 Å². The molecule has 1 aromatic rings. The van der Waals surface area contributed by atoms with Gasteiger partial charge in [-0.3, -0.25) is 4.79 Å².